The summed E-state index contributed by atoms with van der Waals surface area (Å²) < 4.78 is 31.8. The molecular formula is C15H10F2N2O. The molecule has 3 nitrogen and oxygen atoms in total. The van der Waals surface area contributed by atoms with E-state index < -0.39 is 11.6 Å². The Bertz CT molecular complexity index is 734. The van der Waals surface area contributed by atoms with Crippen LogP contribution in [0.2, 0.25) is 0 Å². The van der Waals surface area contributed by atoms with E-state index in [1.807, 2.05) is 30.3 Å². The number of rotatable bonds is 2. The topological polar surface area (TPSA) is 52.0 Å². The zero-order chi connectivity index (χ0) is 14.1. The maximum Gasteiger partial charge on any atom is 0.177 e. The van der Waals surface area contributed by atoms with Crippen LogP contribution in [0.15, 0.2) is 53.1 Å². The number of hydrogen-bond donors (Lipinski definition) is 1. The summed E-state index contributed by atoms with van der Waals surface area (Å²) in [5.41, 5.74) is 7.34. The van der Waals surface area contributed by atoms with Crippen LogP contribution in [0.5, 0.6) is 0 Å². The van der Waals surface area contributed by atoms with E-state index in [1.165, 1.54) is 12.1 Å². The van der Waals surface area contributed by atoms with Crippen LogP contribution in [0, 0.1) is 11.6 Å². The maximum atomic E-state index is 13.3. The van der Waals surface area contributed by atoms with E-state index in [0.29, 0.717) is 5.56 Å². The molecule has 0 amide bonds. The van der Waals surface area contributed by atoms with Gasteiger partial charge in [-0.1, -0.05) is 35.5 Å². The second kappa shape index (κ2) is 4.77. The summed E-state index contributed by atoms with van der Waals surface area (Å²) in [5, 5.41) is 3.69. The Labute approximate surface area is 113 Å². The van der Waals surface area contributed by atoms with Gasteiger partial charge in [-0.05, 0) is 17.7 Å². The van der Waals surface area contributed by atoms with Crippen molar-refractivity contribution >= 4 is 5.82 Å². The number of aromatic nitrogens is 1. The number of halogens is 2. The molecule has 1 heterocycles. The third-order valence-electron chi connectivity index (χ3n) is 2.91. The highest BCUT2D eigenvalue weighted by molar-refractivity contribution is 5.86. The molecule has 2 aromatic carbocycles. The van der Waals surface area contributed by atoms with Gasteiger partial charge < -0.3 is 10.3 Å². The van der Waals surface area contributed by atoms with Gasteiger partial charge in [-0.2, -0.15) is 0 Å². The van der Waals surface area contributed by atoms with Crippen LogP contribution in [-0.2, 0) is 0 Å². The minimum Gasteiger partial charge on any atom is -0.380 e. The fourth-order valence-electron chi connectivity index (χ4n) is 2.07. The SMILES string of the molecule is Nc1noc(-c2cc(F)cc(F)c2)c1-c1ccccc1. The lowest BCUT2D eigenvalue weighted by Crippen LogP contribution is -1.89. The number of benzene rings is 2. The van der Waals surface area contributed by atoms with Gasteiger partial charge >= 0.3 is 0 Å². The van der Waals surface area contributed by atoms with E-state index in [-0.39, 0.29) is 17.1 Å². The standard InChI is InChI=1S/C15H10F2N2O/c16-11-6-10(7-12(17)8-11)14-13(15(18)19-20-14)9-4-2-1-3-5-9/h1-8H,(H2,18,19). The fraction of sp³-hybridized carbons (Fsp3) is 0. The predicted molar refractivity (Wildman–Crippen MR) is 71.7 cm³/mol. The summed E-state index contributed by atoms with van der Waals surface area (Å²) in [6.45, 7) is 0. The van der Waals surface area contributed by atoms with Crippen molar-refractivity contribution in [3.8, 4) is 22.5 Å². The highest BCUT2D eigenvalue weighted by Crippen LogP contribution is 2.36. The summed E-state index contributed by atoms with van der Waals surface area (Å²) in [5.74, 6) is -0.953. The summed E-state index contributed by atoms with van der Waals surface area (Å²) in [4.78, 5) is 0. The van der Waals surface area contributed by atoms with Crippen molar-refractivity contribution in [2.24, 2.45) is 0 Å². The Balaban J connectivity index is 2.21. The number of hydrogen-bond acceptors (Lipinski definition) is 3. The first-order chi connectivity index (χ1) is 9.65. The van der Waals surface area contributed by atoms with E-state index in [1.54, 1.807) is 0 Å². The molecule has 20 heavy (non-hydrogen) atoms. The third-order valence-corrected chi connectivity index (χ3v) is 2.91. The lowest BCUT2D eigenvalue weighted by atomic mass is 10.0. The molecule has 0 spiro atoms. The van der Waals surface area contributed by atoms with E-state index in [4.69, 9.17) is 10.3 Å². The van der Waals surface area contributed by atoms with Crippen molar-refractivity contribution in [1.29, 1.82) is 0 Å². The number of nitrogens with two attached hydrogens (primary N) is 1. The van der Waals surface area contributed by atoms with Crippen molar-refractivity contribution in [3.63, 3.8) is 0 Å². The first kappa shape index (κ1) is 12.3. The molecule has 5 heteroatoms. The molecule has 3 rings (SSSR count). The van der Waals surface area contributed by atoms with Crippen LogP contribution in [0.4, 0.5) is 14.6 Å². The largest absolute Gasteiger partial charge is 0.380 e. The molecule has 0 aliphatic carbocycles. The molecule has 0 saturated heterocycles. The zero-order valence-electron chi connectivity index (χ0n) is 10.3. The van der Waals surface area contributed by atoms with Crippen LogP contribution in [0.3, 0.4) is 0 Å². The van der Waals surface area contributed by atoms with Gasteiger partial charge in [0.25, 0.3) is 0 Å². The summed E-state index contributed by atoms with van der Waals surface area (Å²) in [6, 6.07) is 12.3. The van der Waals surface area contributed by atoms with Crippen LogP contribution in [0.1, 0.15) is 0 Å². The minimum absolute atomic E-state index is 0.177. The van der Waals surface area contributed by atoms with Crippen LogP contribution in [0.25, 0.3) is 22.5 Å². The summed E-state index contributed by atoms with van der Waals surface area (Å²) >= 11 is 0. The molecule has 0 fully saturated rings. The summed E-state index contributed by atoms with van der Waals surface area (Å²) in [7, 11) is 0. The van der Waals surface area contributed by atoms with Crippen molar-refractivity contribution in [2.75, 3.05) is 5.73 Å². The Morgan fingerprint density at radius 2 is 1.55 bits per heavy atom. The average Bonchev–Trinajstić information content (AvgIpc) is 2.80. The Morgan fingerprint density at radius 3 is 2.20 bits per heavy atom. The van der Waals surface area contributed by atoms with E-state index in [2.05, 4.69) is 5.16 Å². The Kier molecular flexibility index (Phi) is 2.95. The predicted octanol–water partition coefficient (Wildman–Crippen LogP) is 3.87. The fourth-order valence-corrected chi connectivity index (χ4v) is 2.07. The average molecular weight is 272 g/mol. The van der Waals surface area contributed by atoms with Gasteiger partial charge in [0.15, 0.2) is 11.6 Å². The molecule has 0 aliphatic heterocycles. The highest BCUT2D eigenvalue weighted by atomic mass is 19.1. The van der Waals surface area contributed by atoms with Gasteiger partial charge in [0.1, 0.15) is 11.6 Å². The lowest BCUT2D eigenvalue weighted by molar-refractivity contribution is 0.435. The molecular weight excluding hydrogens is 262 g/mol. The van der Waals surface area contributed by atoms with Gasteiger partial charge in [0.05, 0.1) is 5.56 Å². The molecule has 0 unspecified atom stereocenters. The van der Waals surface area contributed by atoms with Gasteiger partial charge in [-0.3, -0.25) is 0 Å². The molecule has 0 radical (unpaired) electrons. The minimum atomic E-state index is -0.686. The second-order valence-electron chi connectivity index (χ2n) is 4.30. The smallest absolute Gasteiger partial charge is 0.177 e. The molecule has 1 aromatic heterocycles. The first-order valence-electron chi connectivity index (χ1n) is 5.92. The lowest BCUT2D eigenvalue weighted by Gasteiger charge is -2.03. The van der Waals surface area contributed by atoms with E-state index in [0.717, 1.165) is 11.6 Å². The molecule has 100 valence electrons. The number of anilines is 1. The molecule has 0 atom stereocenters. The van der Waals surface area contributed by atoms with E-state index >= 15 is 0 Å². The van der Waals surface area contributed by atoms with Crippen molar-refractivity contribution in [3.05, 3.63) is 60.2 Å². The van der Waals surface area contributed by atoms with Gasteiger partial charge in [0, 0.05) is 11.6 Å². The van der Waals surface area contributed by atoms with E-state index in [9.17, 15) is 8.78 Å². The molecule has 3 aromatic rings. The van der Waals surface area contributed by atoms with Gasteiger partial charge in [-0.15, -0.1) is 0 Å². The highest BCUT2D eigenvalue weighted by Gasteiger charge is 2.18. The molecule has 0 saturated carbocycles. The Morgan fingerprint density at radius 1 is 0.900 bits per heavy atom. The first-order valence-corrected chi connectivity index (χ1v) is 5.92. The monoisotopic (exact) mass is 272 g/mol. The van der Waals surface area contributed by atoms with Crippen LogP contribution in [-0.4, -0.2) is 5.16 Å². The van der Waals surface area contributed by atoms with Crippen molar-refractivity contribution in [2.45, 2.75) is 0 Å². The zero-order valence-corrected chi connectivity index (χ0v) is 10.3. The second-order valence-corrected chi connectivity index (χ2v) is 4.30. The maximum absolute atomic E-state index is 13.3. The van der Waals surface area contributed by atoms with Crippen molar-refractivity contribution in [1.82, 2.24) is 5.16 Å². The van der Waals surface area contributed by atoms with Gasteiger partial charge in [-0.25, -0.2) is 8.78 Å². The Hall–Kier alpha value is -2.69. The van der Waals surface area contributed by atoms with Crippen LogP contribution < -0.4 is 5.73 Å². The van der Waals surface area contributed by atoms with Crippen molar-refractivity contribution < 1.29 is 13.3 Å². The number of nitrogen functional groups attached to an aromatic ring is 1. The quantitative estimate of drug-likeness (QED) is 0.770. The third kappa shape index (κ3) is 2.14. The van der Waals surface area contributed by atoms with Crippen LogP contribution >= 0.6 is 0 Å². The normalized spacial score (nSPS) is 10.7. The molecule has 2 N–H and O–H groups in total. The van der Waals surface area contributed by atoms with Gasteiger partial charge in [0.2, 0.25) is 0 Å². The number of nitrogens with zero attached hydrogens (tertiary/aromatic N) is 1. The molecule has 0 aliphatic rings. The summed E-state index contributed by atoms with van der Waals surface area (Å²) in [6.07, 6.45) is 0. The molecule has 0 bridgehead atoms.